The zero-order valence-corrected chi connectivity index (χ0v) is 9.99. The molecule has 1 aromatic carbocycles. The number of halogens is 3. The van der Waals surface area contributed by atoms with Crippen LogP contribution in [0.5, 0.6) is 0 Å². The number of benzene rings is 1. The molecule has 0 heterocycles. The van der Waals surface area contributed by atoms with Gasteiger partial charge in [0.15, 0.2) is 0 Å². The third kappa shape index (κ3) is 3.90. The summed E-state index contributed by atoms with van der Waals surface area (Å²) in [5.74, 6) is 0. The van der Waals surface area contributed by atoms with Crippen LogP contribution in [0.2, 0.25) is 0 Å². The van der Waals surface area contributed by atoms with E-state index in [-0.39, 0.29) is 12.2 Å². The maximum atomic E-state index is 12.1. The molecule has 0 saturated carbocycles. The maximum absolute atomic E-state index is 12.1. The number of anilines is 1. The van der Waals surface area contributed by atoms with E-state index in [1.54, 1.807) is 6.92 Å². The average Bonchev–Trinajstić information content (AvgIpc) is 2.24. The quantitative estimate of drug-likeness (QED) is 0.618. The van der Waals surface area contributed by atoms with Gasteiger partial charge in [-0.15, -0.1) is 0 Å². The third-order valence-corrected chi connectivity index (χ3v) is 2.55. The summed E-state index contributed by atoms with van der Waals surface area (Å²) in [6.07, 6.45) is -5.12. The fraction of sp³-hybridized carbons (Fsp3) is 0.455. The SMILES string of the molecule is Cc1cc(N(C)CCC(F)(F)F)ccc1[N+](=O)[O-]. The van der Waals surface area contributed by atoms with E-state index in [0.717, 1.165) is 0 Å². The highest BCUT2D eigenvalue weighted by Gasteiger charge is 2.27. The second-order valence-electron chi connectivity index (χ2n) is 4.01. The summed E-state index contributed by atoms with van der Waals surface area (Å²) in [6.45, 7) is 1.37. The van der Waals surface area contributed by atoms with Gasteiger partial charge in [0.1, 0.15) is 0 Å². The number of alkyl halides is 3. The average molecular weight is 262 g/mol. The van der Waals surface area contributed by atoms with E-state index in [1.807, 2.05) is 0 Å². The Bertz CT molecular complexity index is 446. The van der Waals surface area contributed by atoms with Crippen molar-refractivity contribution in [2.45, 2.75) is 19.5 Å². The summed E-state index contributed by atoms with van der Waals surface area (Å²) < 4.78 is 36.2. The highest BCUT2D eigenvalue weighted by molar-refractivity contribution is 5.54. The Morgan fingerprint density at radius 1 is 1.39 bits per heavy atom. The molecular weight excluding hydrogens is 249 g/mol. The fourth-order valence-corrected chi connectivity index (χ4v) is 1.51. The predicted molar refractivity (Wildman–Crippen MR) is 61.8 cm³/mol. The van der Waals surface area contributed by atoms with E-state index in [2.05, 4.69) is 0 Å². The first-order valence-corrected chi connectivity index (χ1v) is 5.23. The van der Waals surface area contributed by atoms with Crippen LogP contribution in [-0.4, -0.2) is 24.7 Å². The zero-order chi connectivity index (χ0) is 13.9. The lowest BCUT2D eigenvalue weighted by atomic mass is 10.1. The van der Waals surface area contributed by atoms with Gasteiger partial charge >= 0.3 is 6.18 Å². The number of nitro groups is 1. The molecule has 0 atom stereocenters. The van der Waals surface area contributed by atoms with Gasteiger partial charge in [-0.1, -0.05) is 0 Å². The third-order valence-electron chi connectivity index (χ3n) is 2.55. The molecular formula is C11H13F3N2O2. The minimum atomic E-state index is -4.20. The van der Waals surface area contributed by atoms with Crippen LogP contribution in [0.1, 0.15) is 12.0 Å². The molecule has 0 radical (unpaired) electrons. The molecule has 1 rings (SSSR count). The molecule has 0 aliphatic carbocycles. The summed E-state index contributed by atoms with van der Waals surface area (Å²) in [4.78, 5) is 11.5. The largest absolute Gasteiger partial charge is 0.390 e. The second kappa shape index (κ2) is 5.24. The van der Waals surface area contributed by atoms with Gasteiger partial charge in [0.05, 0.1) is 11.3 Å². The lowest BCUT2D eigenvalue weighted by Gasteiger charge is -2.20. The molecule has 0 bridgehead atoms. The Kier molecular flexibility index (Phi) is 4.15. The van der Waals surface area contributed by atoms with Gasteiger partial charge in [-0.3, -0.25) is 10.1 Å². The van der Waals surface area contributed by atoms with Gasteiger partial charge in [0.2, 0.25) is 0 Å². The van der Waals surface area contributed by atoms with Gasteiger partial charge in [-0.25, -0.2) is 0 Å². The molecule has 0 unspecified atom stereocenters. The van der Waals surface area contributed by atoms with Crippen LogP contribution < -0.4 is 4.90 Å². The van der Waals surface area contributed by atoms with Crippen LogP contribution in [-0.2, 0) is 0 Å². The maximum Gasteiger partial charge on any atom is 0.390 e. The van der Waals surface area contributed by atoms with Crippen molar-refractivity contribution in [3.63, 3.8) is 0 Å². The Morgan fingerprint density at radius 3 is 2.44 bits per heavy atom. The van der Waals surface area contributed by atoms with E-state index in [4.69, 9.17) is 0 Å². The van der Waals surface area contributed by atoms with Crippen molar-refractivity contribution in [1.29, 1.82) is 0 Å². The van der Waals surface area contributed by atoms with Crippen LogP contribution in [0.3, 0.4) is 0 Å². The number of hydrogen-bond donors (Lipinski definition) is 0. The molecule has 0 amide bonds. The van der Waals surface area contributed by atoms with Gasteiger partial charge in [-0.2, -0.15) is 13.2 Å². The molecule has 0 aliphatic heterocycles. The molecule has 100 valence electrons. The van der Waals surface area contributed by atoms with Crippen molar-refractivity contribution in [2.24, 2.45) is 0 Å². The van der Waals surface area contributed by atoms with E-state index in [1.165, 1.54) is 30.1 Å². The summed E-state index contributed by atoms with van der Waals surface area (Å²) in [5, 5.41) is 10.6. The van der Waals surface area contributed by atoms with Crippen LogP contribution in [0.4, 0.5) is 24.5 Å². The molecule has 18 heavy (non-hydrogen) atoms. The second-order valence-corrected chi connectivity index (χ2v) is 4.01. The van der Waals surface area contributed by atoms with Crippen LogP contribution in [0, 0.1) is 17.0 Å². The van der Waals surface area contributed by atoms with Crippen molar-refractivity contribution in [3.05, 3.63) is 33.9 Å². The number of nitrogens with zero attached hydrogens (tertiary/aromatic N) is 2. The van der Waals surface area contributed by atoms with Gasteiger partial charge in [0, 0.05) is 30.9 Å². The molecule has 4 nitrogen and oxygen atoms in total. The first kappa shape index (κ1) is 14.3. The molecule has 0 aromatic heterocycles. The number of nitro benzene ring substituents is 1. The molecule has 0 N–H and O–H groups in total. The highest BCUT2D eigenvalue weighted by Crippen LogP contribution is 2.25. The Hall–Kier alpha value is -1.79. The zero-order valence-electron chi connectivity index (χ0n) is 9.99. The molecule has 7 heteroatoms. The first-order chi connectivity index (χ1) is 8.20. The highest BCUT2D eigenvalue weighted by atomic mass is 19.4. The number of rotatable bonds is 4. The lowest BCUT2D eigenvalue weighted by Crippen LogP contribution is -2.24. The standard InChI is InChI=1S/C11H13F3N2O2/c1-8-7-9(3-4-10(8)16(17)18)15(2)6-5-11(12,13)14/h3-4,7H,5-6H2,1-2H3. The molecule has 0 saturated heterocycles. The van der Waals surface area contributed by atoms with Gasteiger partial charge < -0.3 is 4.90 Å². The summed E-state index contributed by atoms with van der Waals surface area (Å²) in [6, 6.07) is 4.25. The van der Waals surface area contributed by atoms with E-state index < -0.39 is 17.5 Å². The molecule has 1 aromatic rings. The fourth-order valence-electron chi connectivity index (χ4n) is 1.51. The molecule has 0 aliphatic rings. The van der Waals surface area contributed by atoms with Crippen molar-refractivity contribution in [1.82, 2.24) is 0 Å². The monoisotopic (exact) mass is 262 g/mol. The number of hydrogen-bond acceptors (Lipinski definition) is 3. The number of aryl methyl sites for hydroxylation is 1. The smallest absolute Gasteiger partial charge is 0.374 e. The molecule has 0 spiro atoms. The summed E-state index contributed by atoms with van der Waals surface area (Å²) in [7, 11) is 1.52. The van der Waals surface area contributed by atoms with Crippen LogP contribution in [0.15, 0.2) is 18.2 Å². The molecule has 0 fully saturated rings. The lowest BCUT2D eigenvalue weighted by molar-refractivity contribution is -0.385. The van der Waals surface area contributed by atoms with Crippen LogP contribution in [0.25, 0.3) is 0 Å². The van der Waals surface area contributed by atoms with Gasteiger partial charge in [-0.05, 0) is 19.1 Å². The van der Waals surface area contributed by atoms with E-state index in [9.17, 15) is 23.3 Å². The minimum Gasteiger partial charge on any atom is -0.374 e. The normalized spacial score (nSPS) is 11.4. The predicted octanol–water partition coefficient (Wildman–Crippen LogP) is 3.29. The Labute approximate surface area is 102 Å². The Balaban J connectivity index is 2.78. The topological polar surface area (TPSA) is 46.4 Å². The van der Waals surface area contributed by atoms with Crippen molar-refractivity contribution >= 4 is 11.4 Å². The first-order valence-electron chi connectivity index (χ1n) is 5.23. The minimum absolute atomic E-state index is 0.0389. The van der Waals surface area contributed by atoms with Crippen molar-refractivity contribution < 1.29 is 18.1 Å². The van der Waals surface area contributed by atoms with Gasteiger partial charge in [0.25, 0.3) is 5.69 Å². The van der Waals surface area contributed by atoms with Crippen molar-refractivity contribution in [2.75, 3.05) is 18.5 Å². The van der Waals surface area contributed by atoms with Crippen molar-refractivity contribution in [3.8, 4) is 0 Å². The Morgan fingerprint density at radius 2 is 2.00 bits per heavy atom. The summed E-state index contributed by atoms with van der Waals surface area (Å²) in [5.41, 5.74) is 0.918. The summed E-state index contributed by atoms with van der Waals surface area (Å²) >= 11 is 0. The van der Waals surface area contributed by atoms with Crippen LogP contribution >= 0.6 is 0 Å². The van der Waals surface area contributed by atoms with E-state index >= 15 is 0 Å². The van der Waals surface area contributed by atoms with E-state index in [0.29, 0.717) is 11.3 Å².